The molecule has 0 aliphatic rings. The van der Waals surface area contributed by atoms with Crippen molar-refractivity contribution in [2.45, 2.75) is 20.8 Å². The van der Waals surface area contributed by atoms with Crippen LogP contribution in [0.5, 0.6) is 0 Å². The summed E-state index contributed by atoms with van der Waals surface area (Å²) in [5, 5.41) is 3.18. The number of aryl methyl sites for hydroxylation is 3. The number of benzene rings is 2. The first kappa shape index (κ1) is 13.4. The summed E-state index contributed by atoms with van der Waals surface area (Å²) in [5.74, 6) is 0. The van der Waals surface area contributed by atoms with E-state index < -0.39 is 0 Å². The molecular formula is C18H18N2O. The number of rotatable bonds is 2. The Balaban J connectivity index is 2.07. The molecule has 3 heteroatoms. The lowest BCUT2D eigenvalue weighted by molar-refractivity contribution is 0.850. The first-order chi connectivity index (χ1) is 10.0. The van der Waals surface area contributed by atoms with Crippen molar-refractivity contribution >= 4 is 0 Å². The van der Waals surface area contributed by atoms with Crippen LogP contribution in [0.25, 0.3) is 16.9 Å². The van der Waals surface area contributed by atoms with Crippen molar-refractivity contribution in [3.05, 3.63) is 75.6 Å². The first-order valence-electron chi connectivity index (χ1n) is 7.01. The van der Waals surface area contributed by atoms with Crippen molar-refractivity contribution in [2.24, 2.45) is 0 Å². The van der Waals surface area contributed by atoms with Gasteiger partial charge in [-0.05, 0) is 49.6 Å². The van der Waals surface area contributed by atoms with E-state index in [4.69, 9.17) is 0 Å². The lowest BCUT2D eigenvalue weighted by Crippen LogP contribution is -2.13. The second-order valence-electron chi connectivity index (χ2n) is 5.48. The fourth-order valence-electron chi connectivity index (χ4n) is 2.33. The predicted molar refractivity (Wildman–Crippen MR) is 86.0 cm³/mol. The largest absolute Gasteiger partial charge is 0.290 e. The number of nitrogens with zero attached hydrogens (tertiary/aromatic N) is 1. The Morgan fingerprint density at radius 2 is 1.57 bits per heavy atom. The molecule has 2 aromatic carbocycles. The number of H-pyrrole nitrogens is 1. The molecule has 0 atom stereocenters. The van der Waals surface area contributed by atoms with Crippen LogP contribution in [0.15, 0.2) is 53.3 Å². The third kappa shape index (κ3) is 2.55. The number of nitrogens with one attached hydrogen (secondary N) is 1. The second kappa shape index (κ2) is 5.09. The maximum Gasteiger partial charge on any atom is 0.271 e. The Kier molecular flexibility index (Phi) is 3.26. The molecule has 3 rings (SSSR count). The Labute approximate surface area is 123 Å². The first-order valence-corrected chi connectivity index (χ1v) is 7.01. The molecule has 0 saturated heterocycles. The van der Waals surface area contributed by atoms with Gasteiger partial charge in [0.25, 0.3) is 5.56 Å². The molecule has 0 spiro atoms. The van der Waals surface area contributed by atoms with Crippen molar-refractivity contribution < 1.29 is 0 Å². The zero-order valence-corrected chi connectivity index (χ0v) is 12.5. The molecular weight excluding hydrogens is 260 g/mol. The summed E-state index contributed by atoms with van der Waals surface area (Å²) in [5.41, 5.74) is 6.26. The van der Waals surface area contributed by atoms with Gasteiger partial charge in [-0.1, -0.05) is 35.9 Å². The van der Waals surface area contributed by atoms with Crippen LogP contribution in [0, 0.1) is 20.8 Å². The zero-order chi connectivity index (χ0) is 15.0. The second-order valence-corrected chi connectivity index (χ2v) is 5.48. The van der Waals surface area contributed by atoms with E-state index in [1.165, 1.54) is 16.7 Å². The average molecular weight is 278 g/mol. The minimum atomic E-state index is -0.0474. The van der Waals surface area contributed by atoms with Crippen LogP contribution in [0.3, 0.4) is 0 Å². The van der Waals surface area contributed by atoms with Gasteiger partial charge in [-0.3, -0.25) is 9.89 Å². The molecule has 3 aromatic rings. The van der Waals surface area contributed by atoms with E-state index in [0.29, 0.717) is 0 Å². The van der Waals surface area contributed by atoms with Crippen LogP contribution in [0.1, 0.15) is 16.7 Å². The zero-order valence-electron chi connectivity index (χ0n) is 12.5. The van der Waals surface area contributed by atoms with E-state index in [0.717, 1.165) is 16.9 Å². The van der Waals surface area contributed by atoms with Crippen molar-refractivity contribution in [3.8, 4) is 16.9 Å². The van der Waals surface area contributed by atoms with Gasteiger partial charge in [0.15, 0.2) is 0 Å². The molecule has 3 nitrogen and oxygen atoms in total. The van der Waals surface area contributed by atoms with Gasteiger partial charge in [-0.25, -0.2) is 4.68 Å². The number of aromatic nitrogens is 2. The average Bonchev–Trinajstić information content (AvgIpc) is 2.85. The van der Waals surface area contributed by atoms with Crippen LogP contribution in [0.2, 0.25) is 0 Å². The topological polar surface area (TPSA) is 37.8 Å². The molecule has 0 unspecified atom stereocenters. The molecule has 0 fully saturated rings. The minimum absolute atomic E-state index is 0.0474. The Bertz CT molecular complexity index is 838. The van der Waals surface area contributed by atoms with Crippen LogP contribution >= 0.6 is 0 Å². The Morgan fingerprint density at radius 1 is 0.857 bits per heavy atom. The smallest absolute Gasteiger partial charge is 0.271 e. The summed E-state index contributed by atoms with van der Waals surface area (Å²) in [7, 11) is 0. The molecule has 0 radical (unpaired) electrons. The third-order valence-electron chi connectivity index (χ3n) is 3.83. The lowest BCUT2D eigenvalue weighted by Gasteiger charge is -2.06. The molecule has 1 aromatic heterocycles. The van der Waals surface area contributed by atoms with Gasteiger partial charge in [0, 0.05) is 6.07 Å². The standard InChI is InChI=1S/C18H18N2O/c1-12-4-7-15(8-5-12)17-11-18(21)20(19-17)16-9-6-13(2)14(3)10-16/h4-11,19H,1-3H3. The van der Waals surface area contributed by atoms with E-state index in [2.05, 4.69) is 12.0 Å². The summed E-state index contributed by atoms with van der Waals surface area (Å²) >= 11 is 0. The molecule has 0 bridgehead atoms. The molecule has 21 heavy (non-hydrogen) atoms. The maximum atomic E-state index is 12.2. The van der Waals surface area contributed by atoms with Crippen LogP contribution in [-0.4, -0.2) is 9.78 Å². The summed E-state index contributed by atoms with van der Waals surface area (Å²) in [6, 6.07) is 15.8. The van der Waals surface area contributed by atoms with Gasteiger partial charge in [0.1, 0.15) is 0 Å². The van der Waals surface area contributed by atoms with E-state index in [9.17, 15) is 4.79 Å². The van der Waals surface area contributed by atoms with Gasteiger partial charge in [-0.2, -0.15) is 0 Å². The summed E-state index contributed by atoms with van der Waals surface area (Å²) in [4.78, 5) is 12.2. The SMILES string of the molecule is Cc1ccc(-c2cc(=O)n(-c3ccc(C)c(C)c3)[nH]2)cc1. The van der Waals surface area contributed by atoms with E-state index in [-0.39, 0.29) is 5.56 Å². The van der Waals surface area contributed by atoms with Crippen molar-refractivity contribution in [3.63, 3.8) is 0 Å². The van der Waals surface area contributed by atoms with Gasteiger partial charge >= 0.3 is 0 Å². The normalized spacial score (nSPS) is 10.8. The van der Waals surface area contributed by atoms with Gasteiger partial charge < -0.3 is 0 Å². The Morgan fingerprint density at radius 3 is 2.24 bits per heavy atom. The highest BCUT2D eigenvalue weighted by Crippen LogP contribution is 2.18. The number of aromatic amines is 1. The van der Waals surface area contributed by atoms with E-state index >= 15 is 0 Å². The van der Waals surface area contributed by atoms with Crippen LogP contribution < -0.4 is 5.56 Å². The lowest BCUT2D eigenvalue weighted by atomic mass is 10.1. The highest BCUT2D eigenvalue weighted by Gasteiger charge is 2.07. The van der Waals surface area contributed by atoms with E-state index in [1.807, 2.05) is 56.3 Å². The highest BCUT2D eigenvalue weighted by atomic mass is 16.1. The summed E-state index contributed by atoms with van der Waals surface area (Å²) in [6.45, 7) is 6.16. The monoisotopic (exact) mass is 278 g/mol. The molecule has 106 valence electrons. The van der Waals surface area contributed by atoms with Crippen molar-refractivity contribution in [2.75, 3.05) is 0 Å². The maximum absolute atomic E-state index is 12.2. The van der Waals surface area contributed by atoms with Crippen LogP contribution in [-0.2, 0) is 0 Å². The van der Waals surface area contributed by atoms with E-state index in [1.54, 1.807) is 10.7 Å². The predicted octanol–water partition coefficient (Wildman–Crippen LogP) is 3.76. The van der Waals surface area contributed by atoms with Gasteiger partial charge in [-0.15, -0.1) is 0 Å². The fraction of sp³-hybridized carbons (Fsp3) is 0.167. The molecule has 1 N–H and O–H groups in total. The van der Waals surface area contributed by atoms with Gasteiger partial charge in [0.05, 0.1) is 11.4 Å². The molecule has 0 aliphatic heterocycles. The van der Waals surface area contributed by atoms with Gasteiger partial charge in [0.2, 0.25) is 0 Å². The summed E-state index contributed by atoms with van der Waals surface area (Å²) in [6.07, 6.45) is 0. The number of hydrogen-bond acceptors (Lipinski definition) is 1. The molecule has 1 heterocycles. The molecule has 0 amide bonds. The molecule has 0 aliphatic carbocycles. The fourth-order valence-corrected chi connectivity index (χ4v) is 2.33. The van der Waals surface area contributed by atoms with Crippen LogP contribution in [0.4, 0.5) is 0 Å². The Hall–Kier alpha value is -2.55. The highest BCUT2D eigenvalue weighted by molar-refractivity contribution is 5.59. The number of hydrogen-bond donors (Lipinski definition) is 1. The third-order valence-corrected chi connectivity index (χ3v) is 3.83. The summed E-state index contributed by atoms with van der Waals surface area (Å²) < 4.78 is 1.58. The van der Waals surface area contributed by atoms with Crippen molar-refractivity contribution in [1.29, 1.82) is 0 Å². The molecule has 0 saturated carbocycles. The van der Waals surface area contributed by atoms with Crippen molar-refractivity contribution in [1.82, 2.24) is 9.78 Å². The minimum Gasteiger partial charge on any atom is -0.290 e. The quantitative estimate of drug-likeness (QED) is 0.761.